The molecule has 1 fully saturated rings. The van der Waals surface area contributed by atoms with Gasteiger partial charge in [0, 0.05) is 5.56 Å². The van der Waals surface area contributed by atoms with E-state index >= 15 is 0 Å². The molecule has 4 aromatic rings. The highest BCUT2D eigenvalue weighted by Gasteiger charge is 2.54. The zero-order valence-electron chi connectivity index (χ0n) is 21.8. The Labute approximate surface area is 230 Å². The number of benzene rings is 4. The molecular weight excluding hydrogens is 486 g/mol. The lowest BCUT2D eigenvalue weighted by Crippen LogP contribution is -2.41. The fourth-order valence-electron chi connectivity index (χ4n) is 5.24. The minimum Gasteiger partial charge on any atom is -0.405 e. The average Bonchev–Trinajstić information content (AvgIpc) is 3.55. The number of hydroxylamine groups is 2. The van der Waals surface area contributed by atoms with Crippen LogP contribution in [-0.4, -0.2) is 36.0 Å². The second-order valence-corrected chi connectivity index (χ2v) is 9.93. The lowest BCUT2D eigenvalue weighted by molar-refractivity contribution is -0.141. The molecule has 6 rings (SSSR count). The highest BCUT2D eigenvalue weighted by atomic mass is 16.7. The number of fused-ring (bicyclic) bond motifs is 1. The molecule has 198 valence electrons. The molecular formula is C34H33NO4. The maximum absolute atomic E-state index is 6.64. The lowest BCUT2D eigenvalue weighted by Gasteiger charge is -2.27. The first-order valence-electron chi connectivity index (χ1n) is 13.5. The van der Waals surface area contributed by atoms with Crippen molar-refractivity contribution < 1.29 is 19.0 Å². The summed E-state index contributed by atoms with van der Waals surface area (Å²) >= 11 is 0. The molecule has 39 heavy (non-hydrogen) atoms. The number of hydrogen-bond donors (Lipinski definition) is 0. The van der Waals surface area contributed by atoms with Crippen molar-refractivity contribution in [1.82, 2.24) is 5.06 Å². The van der Waals surface area contributed by atoms with E-state index in [1.165, 1.54) is 0 Å². The van der Waals surface area contributed by atoms with Gasteiger partial charge in [0.1, 0.15) is 12.2 Å². The van der Waals surface area contributed by atoms with Gasteiger partial charge in [-0.2, -0.15) is 0 Å². The summed E-state index contributed by atoms with van der Waals surface area (Å²) in [7, 11) is 0. The number of rotatable bonds is 11. The van der Waals surface area contributed by atoms with Crippen molar-refractivity contribution in [3.8, 4) is 0 Å². The second kappa shape index (κ2) is 12.4. The van der Waals surface area contributed by atoms with E-state index in [0.717, 1.165) is 28.0 Å². The molecule has 1 saturated heterocycles. The minimum absolute atomic E-state index is 0.102. The molecule has 0 radical (unpaired) electrons. The molecule has 0 N–H and O–H groups in total. The quantitative estimate of drug-likeness (QED) is 0.229. The predicted octanol–water partition coefficient (Wildman–Crippen LogP) is 6.41. The van der Waals surface area contributed by atoms with Gasteiger partial charge < -0.3 is 19.0 Å². The van der Waals surface area contributed by atoms with Crippen LogP contribution in [-0.2, 0) is 38.9 Å². The molecule has 2 aliphatic rings. The molecule has 5 nitrogen and oxygen atoms in total. The Hall–Kier alpha value is -3.74. The van der Waals surface area contributed by atoms with Gasteiger partial charge in [0.15, 0.2) is 5.76 Å². The molecule has 0 aromatic heterocycles. The number of nitrogens with zero attached hydrogens (tertiary/aromatic N) is 1. The predicted molar refractivity (Wildman–Crippen MR) is 151 cm³/mol. The molecule has 0 amide bonds. The smallest absolute Gasteiger partial charge is 0.152 e. The van der Waals surface area contributed by atoms with E-state index in [4.69, 9.17) is 19.0 Å². The van der Waals surface area contributed by atoms with Gasteiger partial charge in [0.05, 0.1) is 38.5 Å². The summed E-state index contributed by atoms with van der Waals surface area (Å²) in [5, 5.41) is 2.03. The van der Waals surface area contributed by atoms with Crippen LogP contribution in [0.25, 0.3) is 5.76 Å². The van der Waals surface area contributed by atoms with Gasteiger partial charge in [-0.25, -0.2) is 0 Å². The first-order valence-corrected chi connectivity index (χ1v) is 13.5. The topological polar surface area (TPSA) is 40.2 Å². The zero-order valence-corrected chi connectivity index (χ0v) is 21.8. The van der Waals surface area contributed by atoms with Gasteiger partial charge in [-0.1, -0.05) is 121 Å². The van der Waals surface area contributed by atoms with Crippen molar-refractivity contribution >= 4 is 5.76 Å². The lowest BCUT2D eigenvalue weighted by atomic mass is 10.0. The van der Waals surface area contributed by atoms with E-state index < -0.39 is 0 Å². The highest BCUT2D eigenvalue weighted by molar-refractivity contribution is 5.62. The van der Waals surface area contributed by atoms with Crippen molar-refractivity contribution in [2.75, 3.05) is 6.61 Å². The van der Waals surface area contributed by atoms with Gasteiger partial charge in [0.25, 0.3) is 0 Å². The summed E-state index contributed by atoms with van der Waals surface area (Å²) in [6.45, 7) is 1.95. The Balaban J connectivity index is 1.26. The Morgan fingerprint density at radius 3 is 1.62 bits per heavy atom. The summed E-state index contributed by atoms with van der Waals surface area (Å²) in [5.74, 6) is 0.837. The van der Waals surface area contributed by atoms with Crippen LogP contribution in [0.4, 0.5) is 0 Å². The van der Waals surface area contributed by atoms with Gasteiger partial charge in [-0.05, 0) is 22.8 Å². The van der Waals surface area contributed by atoms with E-state index in [1.54, 1.807) is 0 Å². The summed E-state index contributed by atoms with van der Waals surface area (Å²) < 4.78 is 19.5. The van der Waals surface area contributed by atoms with Crippen molar-refractivity contribution in [3.05, 3.63) is 150 Å². The molecule has 0 saturated carbocycles. The first-order chi connectivity index (χ1) is 19.3. The molecule has 2 aliphatic heterocycles. The Kier molecular flexibility index (Phi) is 8.13. The number of ether oxygens (including phenoxy) is 3. The molecule has 0 bridgehead atoms. The van der Waals surface area contributed by atoms with Crippen molar-refractivity contribution in [2.45, 2.75) is 44.1 Å². The van der Waals surface area contributed by atoms with Gasteiger partial charge >= 0.3 is 0 Å². The van der Waals surface area contributed by atoms with Crippen LogP contribution in [0.3, 0.4) is 0 Å². The molecule has 0 unspecified atom stereocenters. The van der Waals surface area contributed by atoms with E-state index in [9.17, 15) is 0 Å². The van der Waals surface area contributed by atoms with Crippen LogP contribution in [0.5, 0.6) is 0 Å². The Morgan fingerprint density at radius 1 is 0.564 bits per heavy atom. The van der Waals surface area contributed by atoms with Gasteiger partial charge in [-0.3, -0.25) is 0 Å². The monoisotopic (exact) mass is 519 g/mol. The maximum atomic E-state index is 6.64. The molecule has 0 aliphatic carbocycles. The summed E-state index contributed by atoms with van der Waals surface area (Å²) in [6.07, 6.45) is 1.69. The Bertz CT molecular complexity index is 1330. The number of hydrogen-bond acceptors (Lipinski definition) is 5. The highest BCUT2D eigenvalue weighted by Crippen LogP contribution is 2.40. The van der Waals surface area contributed by atoms with Crippen LogP contribution in [0.2, 0.25) is 0 Å². The average molecular weight is 520 g/mol. The van der Waals surface area contributed by atoms with Gasteiger partial charge in [0.2, 0.25) is 0 Å². The second-order valence-electron chi connectivity index (χ2n) is 9.93. The molecule has 0 spiro atoms. The van der Waals surface area contributed by atoms with Crippen LogP contribution in [0.15, 0.2) is 127 Å². The third-order valence-electron chi connectivity index (χ3n) is 7.22. The van der Waals surface area contributed by atoms with Crippen LogP contribution >= 0.6 is 0 Å². The van der Waals surface area contributed by atoms with Crippen LogP contribution in [0, 0.1) is 0 Å². The van der Waals surface area contributed by atoms with E-state index in [-0.39, 0.29) is 24.3 Å². The third kappa shape index (κ3) is 6.13. The first kappa shape index (κ1) is 25.5. The fraction of sp³-hybridized carbons (Fsp3) is 0.235. The van der Waals surface area contributed by atoms with E-state index in [0.29, 0.717) is 26.4 Å². The SMILES string of the molecule is C1=C(c2ccccc2)ON2[C@H]1[C@@H](OCc1ccccc1)[C@H](OCc1ccccc1)[C@H]2COCc1ccccc1. The van der Waals surface area contributed by atoms with E-state index in [1.807, 2.05) is 77.9 Å². The van der Waals surface area contributed by atoms with Crippen molar-refractivity contribution in [2.24, 2.45) is 0 Å². The molecule has 5 heteroatoms. The minimum atomic E-state index is -0.247. The van der Waals surface area contributed by atoms with Gasteiger partial charge in [-0.15, -0.1) is 5.06 Å². The van der Waals surface area contributed by atoms with Crippen LogP contribution in [0.1, 0.15) is 22.3 Å². The Morgan fingerprint density at radius 2 is 1.05 bits per heavy atom. The summed E-state index contributed by atoms with van der Waals surface area (Å²) in [5.41, 5.74) is 4.42. The summed E-state index contributed by atoms with van der Waals surface area (Å²) in [4.78, 5) is 6.51. The fourth-order valence-corrected chi connectivity index (χ4v) is 5.24. The molecule has 2 heterocycles. The maximum Gasteiger partial charge on any atom is 0.152 e. The van der Waals surface area contributed by atoms with Crippen LogP contribution < -0.4 is 0 Å². The third-order valence-corrected chi connectivity index (χ3v) is 7.22. The van der Waals surface area contributed by atoms with Crippen molar-refractivity contribution in [3.63, 3.8) is 0 Å². The molecule has 4 aromatic carbocycles. The standard InChI is InChI=1S/C34H33NO4/c1-5-13-26(14-6-1)22-36-25-31-34(38-24-28-17-9-3-10-18-28)33(37-23-27-15-7-2-8-16-27)30-21-32(39-35(30)31)29-19-11-4-12-20-29/h1-21,30-31,33-34H,22-25H2/t30-,31-,33-,34-/m1/s1. The van der Waals surface area contributed by atoms with E-state index in [2.05, 4.69) is 54.6 Å². The summed E-state index contributed by atoms with van der Waals surface area (Å²) in [6, 6.07) is 40.7. The largest absolute Gasteiger partial charge is 0.405 e. The van der Waals surface area contributed by atoms with Crippen molar-refractivity contribution in [1.29, 1.82) is 0 Å². The zero-order chi connectivity index (χ0) is 26.3. The molecule has 4 atom stereocenters. The normalized spacial score (nSPS) is 22.3.